The third-order valence-corrected chi connectivity index (χ3v) is 3.66. The Morgan fingerprint density at radius 1 is 1.09 bits per heavy atom. The molecule has 1 atom stereocenters. The molecule has 0 aliphatic rings. The number of rotatable bonds is 3. The van der Waals surface area contributed by atoms with Gasteiger partial charge in [0.2, 0.25) is 0 Å². The van der Waals surface area contributed by atoms with Crippen LogP contribution in [0.4, 0.5) is 17.6 Å². The van der Waals surface area contributed by atoms with Crippen molar-refractivity contribution >= 4 is 15.9 Å². The van der Waals surface area contributed by atoms with E-state index in [9.17, 15) is 22.7 Å². The third-order valence-electron chi connectivity index (χ3n) is 2.91. The molecule has 2 rings (SSSR count). The fourth-order valence-corrected chi connectivity index (χ4v) is 2.22. The zero-order chi connectivity index (χ0) is 16.5. The molecule has 0 saturated heterocycles. The normalized spacial score (nSPS) is 13.0. The first-order valence-electron chi connectivity index (χ1n) is 5.97. The van der Waals surface area contributed by atoms with Gasteiger partial charge in [-0.2, -0.15) is 0 Å². The Morgan fingerprint density at radius 2 is 1.68 bits per heavy atom. The Bertz CT molecular complexity index is 674. The molecule has 0 spiro atoms. The quantitative estimate of drug-likeness (QED) is 0.784. The number of ether oxygens (including phenoxy) is 1. The molecule has 3 N–H and O–H groups in total. The first-order chi connectivity index (χ1) is 10.2. The fourth-order valence-electron chi connectivity index (χ4n) is 1.86. The summed E-state index contributed by atoms with van der Waals surface area (Å²) in [7, 11) is 0. The second-order valence-electron chi connectivity index (χ2n) is 4.39. The Kier molecular flexibility index (Phi) is 4.62. The predicted octanol–water partition coefficient (Wildman–Crippen LogP) is 4.24. The summed E-state index contributed by atoms with van der Waals surface area (Å²) in [5, 5.41) is 9.88. The summed E-state index contributed by atoms with van der Waals surface area (Å²) in [5.74, 6) is -1.39. The minimum absolute atomic E-state index is 0.127. The van der Waals surface area contributed by atoms with Gasteiger partial charge < -0.3 is 15.6 Å². The number of hydrogen-bond acceptors (Lipinski definition) is 3. The van der Waals surface area contributed by atoms with Gasteiger partial charge in [0.15, 0.2) is 0 Å². The summed E-state index contributed by atoms with van der Waals surface area (Å²) in [4.78, 5) is 0. The molecule has 0 fully saturated rings. The topological polar surface area (TPSA) is 55.5 Å². The molecule has 0 aliphatic carbocycles. The van der Waals surface area contributed by atoms with Crippen LogP contribution in [0.3, 0.4) is 0 Å². The highest BCUT2D eigenvalue weighted by Crippen LogP contribution is 2.36. The summed E-state index contributed by atoms with van der Waals surface area (Å²) < 4.78 is 53.1. The molecule has 0 amide bonds. The molecule has 0 radical (unpaired) electrons. The molecular formula is C14H10BrF4NO2. The molecule has 2 aromatic rings. The number of halogens is 5. The number of phenolic OH excluding ortho intramolecular Hbond substituents is 1. The first-order valence-corrected chi connectivity index (χ1v) is 6.76. The number of benzene rings is 2. The highest BCUT2D eigenvalue weighted by molar-refractivity contribution is 9.10. The molecule has 8 heteroatoms. The molecule has 22 heavy (non-hydrogen) atoms. The van der Waals surface area contributed by atoms with Crippen LogP contribution in [0.1, 0.15) is 17.2 Å². The molecule has 118 valence electrons. The van der Waals surface area contributed by atoms with E-state index in [2.05, 4.69) is 20.7 Å². The number of nitrogens with two attached hydrogens (primary N) is 1. The molecule has 0 heterocycles. The maximum Gasteiger partial charge on any atom is 0.573 e. The molecule has 0 saturated carbocycles. The van der Waals surface area contributed by atoms with Gasteiger partial charge in [0.1, 0.15) is 17.3 Å². The van der Waals surface area contributed by atoms with Crippen molar-refractivity contribution in [3.8, 4) is 11.5 Å². The van der Waals surface area contributed by atoms with Gasteiger partial charge in [-0.05, 0) is 39.7 Å². The summed E-state index contributed by atoms with van der Waals surface area (Å²) >= 11 is 2.89. The summed E-state index contributed by atoms with van der Waals surface area (Å²) in [6.45, 7) is 0. The Labute approximate surface area is 131 Å². The largest absolute Gasteiger partial charge is 0.573 e. The van der Waals surface area contributed by atoms with Crippen molar-refractivity contribution in [2.75, 3.05) is 0 Å². The van der Waals surface area contributed by atoms with Crippen molar-refractivity contribution in [3.63, 3.8) is 0 Å². The summed E-state index contributed by atoms with van der Waals surface area (Å²) in [6.07, 6.45) is -4.77. The van der Waals surface area contributed by atoms with Crippen LogP contribution in [-0.4, -0.2) is 11.5 Å². The molecule has 3 nitrogen and oxygen atoms in total. The molecule has 0 aliphatic heterocycles. The summed E-state index contributed by atoms with van der Waals surface area (Å²) in [5.41, 5.74) is 6.61. The molecule has 0 unspecified atom stereocenters. The lowest BCUT2D eigenvalue weighted by atomic mass is 9.98. The van der Waals surface area contributed by atoms with Crippen molar-refractivity contribution in [2.45, 2.75) is 12.4 Å². The highest BCUT2D eigenvalue weighted by Gasteiger charge is 2.31. The van der Waals surface area contributed by atoms with E-state index in [-0.39, 0.29) is 21.5 Å². The van der Waals surface area contributed by atoms with E-state index in [1.54, 1.807) is 0 Å². The predicted molar refractivity (Wildman–Crippen MR) is 74.9 cm³/mol. The lowest BCUT2D eigenvalue weighted by Gasteiger charge is -2.16. The van der Waals surface area contributed by atoms with E-state index >= 15 is 0 Å². The number of aromatic hydroxyl groups is 1. The SMILES string of the molecule is N[C@H](c1ccc(OC(F)(F)F)cc1)c1ccc(F)c(Br)c1O. The van der Waals surface area contributed by atoms with Crippen molar-refractivity contribution in [1.82, 2.24) is 0 Å². The van der Waals surface area contributed by atoms with Gasteiger partial charge in [0.05, 0.1) is 10.5 Å². The molecular weight excluding hydrogens is 370 g/mol. The van der Waals surface area contributed by atoms with Crippen LogP contribution in [0.2, 0.25) is 0 Å². The van der Waals surface area contributed by atoms with E-state index < -0.39 is 18.2 Å². The Balaban J connectivity index is 2.27. The third kappa shape index (κ3) is 3.69. The van der Waals surface area contributed by atoms with Gasteiger partial charge in [0.25, 0.3) is 0 Å². The first kappa shape index (κ1) is 16.6. The Hall–Kier alpha value is -1.80. The minimum atomic E-state index is -4.77. The zero-order valence-corrected chi connectivity index (χ0v) is 12.5. The monoisotopic (exact) mass is 379 g/mol. The average molecular weight is 380 g/mol. The number of phenols is 1. The second kappa shape index (κ2) is 6.13. The van der Waals surface area contributed by atoms with Gasteiger partial charge in [-0.1, -0.05) is 18.2 Å². The van der Waals surface area contributed by atoms with Crippen LogP contribution >= 0.6 is 15.9 Å². The smallest absolute Gasteiger partial charge is 0.506 e. The van der Waals surface area contributed by atoms with Crippen LogP contribution in [0.5, 0.6) is 11.5 Å². The van der Waals surface area contributed by atoms with E-state index in [1.165, 1.54) is 18.2 Å². The minimum Gasteiger partial charge on any atom is -0.506 e. The van der Waals surface area contributed by atoms with Gasteiger partial charge in [-0.15, -0.1) is 13.2 Å². The van der Waals surface area contributed by atoms with E-state index in [0.29, 0.717) is 5.56 Å². The second-order valence-corrected chi connectivity index (χ2v) is 5.19. The van der Waals surface area contributed by atoms with Gasteiger partial charge in [0, 0.05) is 5.56 Å². The van der Waals surface area contributed by atoms with E-state index in [0.717, 1.165) is 18.2 Å². The van der Waals surface area contributed by atoms with E-state index in [1.807, 2.05) is 0 Å². The van der Waals surface area contributed by atoms with Crippen LogP contribution in [0.15, 0.2) is 40.9 Å². The van der Waals surface area contributed by atoms with E-state index in [4.69, 9.17) is 5.73 Å². The van der Waals surface area contributed by atoms with Crippen molar-refractivity contribution in [2.24, 2.45) is 5.73 Å². The zero-order valence-electron chi connectivity index (χ0n) is 10.9. The number of hydrogen-bond donors (Lipinski definition) is 2. The van der Waals surface area contributed by atoms with Crippen molar-refractivity contribution < 1.29 is 27.4 Å². The van der Waals surface area contributed by atoms with Crippen LogP contribution in [-0.2, 0) is 0 Å². The fraction of sp³-hybridized carbons (Fsp3) is 0.143. The van der Waals surface area contributed by atoms with Crippen molar-refractivity contribution in [1.29, 1.82) is 0 Å². The van der Waals surface area contributed by atoms with Gasteiger partial charge in [-0.3, -0.25) is 0 Å². The number of alkyl halides is 3. The Morgan fingerprint density at radius 3 is 2.23 bits per heavy atom. The van der Waals surface area contributed by atoms with Crippen LogP contribution in [0.25, 0.3) is 0 Å². The molecule has 2 aromatic carbocycles. The summed E-state index contributed by atoms with van der Waals surface area (Å²) in [6, 6.07) is 6.48. The molecule has 0 aromatic heterocycles. The van der Waals surface area contributed by atoms with Gasteiger partial charge in [-0.25, -0.2) is 4.39 Å². The lowest BCUT2D eigenvalue weighted by molar-refractivity contribution is -0.274. The van der Waals surface area contributed by atoms with Crippen molar-refractivity contribution in [3.05, 3.63) is 57.8 Å². The lowest BCUT2D eigenvalue weighted by Crippen LogP contribution is -2.17. The molecule has 0 bridgehead atoms. The average Bonchev–Trinajstić information content (AvgIpc) is 2.43. The standard InChI is InChI=1S/C14H10BrF4NO2/c15-11-10(16)6-5-9(13(11)21)12(20)7-1-3-8(4-2-7)22-14(17,18)19/h1-6,12,21H,20H2/t12-/m1/s1. The highest BCUT2D eigenvalue weighted by atomic mass is 79.9. The maximum absolute atomic E-state index is 13.3. The maximum atomic E-state index is 13.3. The van der Waals surface area contributed by atoms with Gasteiger partial charge >= 0.3 is 6.36 Å². The van der Waals surface area contributed by atoms with Crippen LogP contribution in [0, 0.1) is 5.82 Å². The van der Waals surface area contributed by atoms with Crippen LogP contribution < -0.4 is 10.5 Å².